The highest BCUT2D eigenvalue weighted by Gasteiger charge is 2.24. The molecule has 0 aromatic heterocycles. The minimum absolute atomic E-state index is 0.0626. The van der Waals surface area contributed by atoms with E-state index in [4.69, 9.17) is 4.74 Å². The van der Waals surface area contributed by atoms with Crippen LogP contribution in [0.25, 0.3) is 0 Å². The highest BCUT2D eigenvalue weighted by atomic mass is 19.1. The predicted molar refractivity (Wildman–Crippen MR) is 98.5 cm³/mol. The van der Waals surface area contributed by atoms with Crippen LogP contribution in [0.1, 0.15) is 5.56 Å². The van der Waals surface area contributed by atoms with Crippen molar-refractivity contribution >= 4 is 11.8 Å². The average molecular weight is 378 g/mol. The number of nitrogens with zero attached hydrogens (tertiary/aromatic N) is 3. The van der Waals surface area contributed by atoms with Crippen LogP contribution in [0.15, 0.2) is 24.3 Å². The summed E-state index contributed by atoms with van der Waals surface area (Å²) < 4.78 is 18.2. The molecule has 0 atom stereocenters. The Labute approximate surface area is 159 Å². The van der Waals surface area contributed by atoms with Gasteiger partial charge in [-0.25, -0.2) is 4.39 Å². The molecule has 27 heavy (non-hydrogen) atoms. The van der Waals surface area contributed by atoms with Gasteiger partial charge in [-0.15, -0.1) is 0 Å². The van der Waals surface area contributed by atoms with Crippen LogP contribution < -0.4 is 5.32 Å². The lowest BCUT2D eigenvalue weighted by molar-refractivity contribution is -0.135. The third-order valence-electron chi connectivity index (χ3n) is 4.96. The van der Waals surface area contributed by atoms with Crippen molar-refractivity contribution < 1.29 is 18.7 Å². The molecule has 0 aliphatic carbocycles. The van der Waals surface area contributed by atoms with Gasteiger partial charge < -0.3 is 15.0 Å². The van der Waals surface area contributed by atoms with E-state index in [1.54, 1.807) is 12.1 Å². The van der Waals surface area contributed by atoms with Gasteiger partial charge in [0.2, 0.25) is 11.8 Å². The maximum atomic E-state index is 12.9. The van der Waals surface area contributed by atoms with Crippen molar-refractivity contribution in [1.29, 1.82) is 0 Å². The molecular formula is C19H27FN4O3. The van der Waals surface area contributed by atoms with Gasteiger partial charge in [0, 0.05) is 45.8 Å². The monoisotopic (exact) mass is 378 g/mol. The van der Waals surface area contributed by atoms with Gasteiger partial charge in [0.05, 0.1) is 26.3 Å². The van der Waals surface area contributed by atoms with Gasteiger partial charge in [-0.2, -0.15) is 0 Å². The van der Waals surface area contributed by atoms with Gasteiger partial charge in [0.15, 0.2) is 0 Å². The van der Waals surface area contributed by atoms with E-state index in [2.05, 4.69) is 15.1 Å². The molecule has 2 amide bonds. The van der Waals surface area contributed by atoms with E-state index in [1.165, 1.54) is 12.1 Å². The van der Waals surface area contributed by atoms with Gasteiger partial charge >= 0.3 is 0 Å². The Bertz CT molecular complexity index is 626. The Balaban J connectivity index is 1.34. The summed E-state index contributed by atoms with van der Waals surface area (Å²) in [7, 11) is 0. The first-order valence-electron chi connectivity index (χ1n) is 9.41. The lowest BCUT2D eigenvalue weighted by Gasteiger charge is -2.36. The van der Waals surface area contributed by atoms with Crippen molar-refractivity contribution in [2.45, 2.75) is 6.54 Å². The number of hydrogen-bond donors (Lipinski definition) is 1. The zero-order valence-corrected chi connectivity index (χ0v) is 15.5. The highest BCUT2D eigenvalue weighted by Crippen LogP contribution is 2.05. The standard InChI is InChI=1S/C19H27FN4O3/c20-17-3-1-16(2-4-17)13-21-18(25)14-22-5-7-24(8-6-22)19(26)15-23-9-11-27-12-10-23/h1-4H,5-15H2,(H,21,25). The number of nitrogens with one attached hydrogen (secondary N) is 1. The molecule has 1 aromatic carbocycles. The Morgan fingerprint density at radius 3 is 2.22 bits per heavy atom. The summed E-state index contributed by atoms with van der Waals surface area (Å²) in [5.74, 6) is -0.198. The van der Waals surface area contributed by atoms with Gasteiger partial charge in [-0.1, -0.05) is 12.1 Å². The number of carbonyl (C=O) groups excluding carboxylic acids is 2. The molecule has 3 rings (SSSR count). The molecule has 0 saturated carbocycles. The average Bonchev–Trinajstić information content (AvgIpc) is 2.69. The van der Waals surface area contributed by atoms with E-state index >= 15 is 0 Å². The molecule has 0 spiro atoms. The Morgan fingerprint density at radius 1 is 0.926 bits per heavy atom. The van der Waals surface area contributed by atoms with Crippen LogP contribution in [0.5, 0.6) is 0 Å². The maximum Gasteiger partial charge on any atom is 0.236 e. The van der Waals surface area contributed by atoms with Crippen LogP contribution in [-0.4, -0.2) is 92.1 Å². The Kier molecular flexibility index (Phi) is 7.14. The van der Waals surface area contributed by atoms with E-state index < -0.39 is 0 Å². The van der Waals surface area contributed by atoms with Crippen LogP contribution in [0, 0.1) is 5.82 Å². The van der Waals surface area contributed by atoms with E-state index in [1.807, 2.05) is 4.90 Å². The fourth-order valence-electron chi connectivity index (χ4n) is 3.27. The molecule has 0 radical (unpaired) electrons. The molecule has 2 aliphatic rings. The number of carbonyl (C=O) groups is 2. The molecule has 148 valence electrons. The molecule has 1 N–H and O–H groups in total. The number of halogens is 1. The first-order valence-corrected chi connectivity index (χ1v) is 9.41. The van der Waals surface area contributed by atoms with Gasteiger partial charge in [-0.3, -0.25) is 19.4 Å². The van der Waals surface area contributed by atoms with Crippen molar-refractivity contribution in [3.8, 4) is 0 Å². The van der Waals surface area contributed by atoms with Crippen LogP contribution in [0.3, 0.4) is 0 Å². The minimum atomic E-state index is -0.286. The number of rotatable bonds is 6. The zero-order chi connectivity index (χ0) is 19.1. The van der Waals surface area contributed by atoms with Gasteiger partial charge in [0.1, 0.15) is 5.82 Å². The number of amides is 2. The van der Waals surface area contributed by atoms with Crippen LogP contribution in [0.4, 0.5) is 4.39 Å². The molecule has 0 unspecified atom stereocenters. The smallest absolute Gasteiger partial charge is 0.236 e. The molecule has 2 aliphatic heterocycles. The van der Waals surface area contributed by atoms with Crippen LogP contribution >= 0.6 is 0 Å². The fraction of sp³-hybridized carbons (Fsp3) is 0.579. The van der Waals surface area contributed by atoms with Crippen molar-refractivity contribution in [3.05, 3.63) is 35.6 Å². The number of morpholine rings is 1. The number of benzene rings is 1. The molecule has 0 bridgehead atoms. The molecule has 7 nitrogen and oxygen atoms in total. The van der Waals surface area contributed by atoms with Gasteiger partial charge in [0.25, 0.3) is 0 Å². The van der Waals surface area contributed by atoms with E-state index in [0.717, 1.165) is 18.7 Å². The molecular weight excluding hydrogens is 351 g/mol. The minimum Gasteiger partial charge on any atom is -0.379 e. The molecule has 2 saturated heterocycles. The third kappa shape index (κ3) is 6.27. The summed E-state index contributed by atoms with van der Waals surface area (Å²) in [4.78, 5) is 30.6. The van der Waals surface area contributed by atoms with Crippen LogP contribution in [0.2, 0.25) is 0 Å². The third-order valence-corrected chi connectivity index (χ3v) is 4.96. The lowest BCUT2D eigenvalue weighted by Crippen LogP contribution is -2.53. The number of ether oxygens (including phenoxy) is 1. The SMILES string of the molecule is O=C(CN1CCN(C(=O)CN2CCOCC2)CC1)NCc1ccc(F)cc1. The largest absolute Gasteiger partial charge is 0.379 e. The van der Waals surface area contributed by atoms with E-state index in [-0.39, 0.29) is 17.6 Å². The van der Waals surface area contributed by atoms with Crippen molar-refractivity contribution in [2.24, 2.45) is 0 Å². The highest BCUT2D eigenvalue weighted by molar-refractivity contribution is 5.79. The Hall–Kier alpha value is -2.03. The molecule has 8 heteroatoms. The number of piperazine rings is 1. The van der Waals surface area contributed by atoms with Crippen LogP contribution in [-0.2, 0) is 20.9 Å². The van der Waals surface area contributed by atoms with Crippen molar-refractivity contribution in [3.63, 3.8) is 0 Å². The first kappa shape index (κ1) is 19.7. The first-order chi connectivity index (χ1) is 13.1. The van der Waals surface area contributed by atoms with E-state index in [0.29, 0.717) is 59.0 Å². The summed E-state index contributed by atoms with van der Waals surface area (Å²) in [6, 6.07) is 6.09. The van der Waals surface area contributed by atoms with Crippen molar-refractivity contribution in [1.82, 2.24) is 20.0 Å². The second-order valence-electron chi connectivity index (χ2n) is 6.95. The summed E-state index contributed by atoms with van der Waals surface area (Å²) in [5.41, 5.74) is 0.864. The normalized spacial score (nSPS) is 19.1. The Morgan fingerprint density at radius 2 is 1.56 bits per heavy atom. The maximum absolute atomic E-state index is 12.9. The molecule has 1 aromatic rings. The number of hydrogen-bond acceptors (Lipinski definition) is 5. The second-order valence-corrected chi connectivity index (χ2v) is 6.95. The molecule has 2 heterocycles. The zero-order valence-electron chi connectivity index (χ0n) is 15.5. The second kappa shape index (κ2) is 9.77. The topological polar surface area (TPSA) is 65.1 Å². The summed E-state index contributed by atoms with van der Waals surface area (Å²) in [5, 5.41) is 2.85. The molecule has 2 fully saturated rings. The predicted octanol–water partition coefficient (Wildman–Crippen LogP) is -0.0817. The van der Waals surface area contributed by atoms with Gasteiger partial charge in [-0.05, 0) is 17.7 Å². The summed E-state index contributed by atoms with van der Waals surface area (Å²) in [6.07, 6.45) is 0. The van der Waals surface area contributed by atoms with E-state index in [9.17, 15) is 14.0 Å². The quantitative estimate of drug-likeness (QED) is 0.750. The van der Waals surface area contributed by atoms with Crippen molar-refractivity contribution in [2.75, 3.05) is 65.6 Å². The lowest BCUT2D eigenvalue weighted by atomic mass is 10.2. The summed E-state index contributed by atoms with van der Waals surface area (Å²) >= 11 is 0. The summed E-state index contributed by atoms with van der Waals surface area (Å²) in [6.45, 7) is 6.81. The fourth-order valence-corrected chi connectivity index (χ4v) is 3.27.